The number of carbonyl (C=O) groups is 2. The number of hydrogen-bond donors (Lipinski definition) is 1. The highest BCUT2D eigenvalue weighted by molar-refractivity contribution is 6.06. The molecule has 21 heavy (non-hydrogen) atoms. The number of nitrogens with one attached hydrogen (secondary N) is 1. The second-order valence-corrected chi connectivity index (χ2v) is 5.01. The molecular formula is C13H15N3O5. The average Bonchev–Trinajstić information content (AvgIpc) is 2.63. The first-order valence-corrected chi connectivity index (χ1v) is 6.24. The van der Waals surface area contributed by atoms with Crippen LogP contribution >= 0.6 is 0 Å². The Labute approximate surface area is 120 Å². The summed E-state index contributed by atoms with van der Waals surface area (Å²) in [6.07, 6.45) is 0. The van der Waals surface area contributed by atoms with Crippen molar-refractivity contribution >= 4 is 17.6 Å². The second kappa shape index (κ2) is 5.49. The summed E-state index contributed by atoms with van der Waals surface area (Å²) >= 11 is 0. The van der Waals surface area contributed by atoms with Gasteiger partial charge in [-0.05, 0) is 12.5 Å². The molecule has 8 nitrogen and oxygen atoms in total. The number of nitrogens with zero attached hydrogens (tertiary/aromatic N) is 2. The second-order valence-electron chi connectivity index (χ2n) is 5.01. The predicted molar refractivity (Wildman–Crippen MR) is 72.5 cm³/mol. The standard InChI is InChI=1S/C13H15N3O5/c1-13(8-21-2)11(17)15(12(18)14-13)7-9-4-3-5-10(6-9)16(19)20/h3-6H,7-8H2,1-2H3,(H,14,18)/t13-/m1/s1. The Morgan fingerprint density at radius 3 is 2.76 bits per heavy atom. The molecule has 112 valence electrons. The number of urea groups is 1. The van der Waals surface area contributed by atoms with E-state index in [4.69, 9.17) is 4.74 Å². The number of benzene rings is 1. The quantitative estimate of drug-likeness (QED) is 0.496. The van der Waals surface area contributed by atoms with Crippen LogP contribution in [0.25, 0.3) is 0 Å². The lowest BCUT2D eigenvalue weighted by molar-refractivity contribution is -0.384. The number of imide groups is 1. The maximum absolute atomic E-state index is 12.3. The van der Waals surface area contributed by atoms with Crippen molar-refractivity contribution in [2.45, 2.75) is 19.0 Å². The van der Waals surface area contributed by atoms with Gasteiger partial charge in [0, 0.05) is 19.2 Å². The molecule has 2 rings (SSSR count). The van der Waals surface area contributed by atoms with Gasteiger partial charge in [-0.3, -0.25) is 19.8 Å². The van der Waals surface area contributed by atoms with Crippen LogP contribution < -0.4 is 5.32 Å². The van der Waals surface area contributed by atoms with Crippen LogP contribution in [0.15, 0.2) is 24.3 Å². The lowest BCUT2D eigenvalue weighted by Gasteiger charge is -2.20. The van der Waals surface area contributed by atoms with Gasteiger partial charge in [-0.1, -0.05) is 12.1 Å². The van der Waals surface area contributed by atoms with Crippen LogP contribution in [0.1, 0.15) is 12.5 Å². The maximum Gasteiger partial charge on any atom is 0.325 e. The zero-order valence-electron chi connectivity index (χ0n) is 11.7. The predicted octanol–water partition coefficient (Wildman–Crippen LogP) is 1.05. The summed E-state index contributed by atoms with van der Waals surface area (Å²) in [5, 5.41) is 13.3. The molecule has 1 N–H and O–H groups in total. The molecule has 1 aromatic carbocycles. The van der Waals surface area contributed by atoms with Crippen LogP contribution in [0, 0.1) is 10.1 Å². The molecule has 1 atom stereocenters. The van der Waals surface area contributed by atoms with Crippen LogP contribution in [0.5, 0.6) is 0 Å². The smallest absolute Gasteiger partial charge is 0.325 e. The minimum atomic E-state index is -1.10. The number of ether oxygens (including phenoxy) is 1. The molecule has 1 saturated heterocycles. The minimum Gasteiger partial charge on any atom is -0.382 e. The van der Waals surface area contributed by atoms with E-state index in [1.54, 1.807) is 13.0 Å². The van der Waals surface area contributed by atoms with E-state index in [0.717, 1.165) is 4.90 Å². The van der Waals surface area contributed by atoms with Crippen molar-refractivity contribution in [2.75, 3.05) is 13.7 Å². The fourth-order valence-electron chi connectivity index (χ4n) is 2.23. The van der Waals surface area contributed by atoms with E-state index >= 15 is 0 Å². The highest BCUT2D eigenvalue weighted by atomic mass is 16.6. The van der Waals surface area contributed by atoms with Crippen LogP contribution in [-0.4, -0.2) is 41.0 Å². The van der Waals surface area contributed by atoms with Crippen molar-refractivity contribution in [1.29, 1.82) is 0 Å². The van der Waals surface area contributed by atoms with E-state index in [-0.39, 0.29) is 18.8 Å². The van der Waals surface area contributed by atoms with Crippen molar-refractivity contribution in [3.05, 3.63) is 39.9 Å². The van der Waals surface area contributed by atoms with Crippen molar-refractivity contribution in [3.8, 4) is 0 Å². The molecule has 0 aromatic heterocycles. The molecule has 0 aliphatic carbocycles. The summed E-state index contributed by atoms with van der Waals surface area (Å²) < 4.78 is 4.95. The monoisotopic (exact) mass is 293 g/mol. The highest BCUT2D eigenvalue weighted by Crippen LogP contribution is 2.21. The molecule has 1 aromatic rings. The number of methoxy groups -OCH3 is 1. The summed E-state index contributed by atoms with van der Waals surface area (Å²) in [6.45, 7) is 1.61. The Hall–Kier alpha value is -2.48. The molecule has 1 fully saturated rings. The third-order valence-corrected chi connectivity index (χ3v) is 3.24. The summed E-state index contributed by atoms with van der Waals surface area (Å²) in [4.78, 5) is 35.4. The molecule has 3 amide bonds. The summed E-state index contributed by atoms with van der Waals surface area (Å²) in [5.74, 6) is -0.416. The van der Waals surface area contributed by atoms with Crippen molar-refractivity contribution in [1.82, 2.24) is 10.2 Å². The molecule has 0 saturated carbocycles. The largest absolute Gasteiger partial charge is 0.382 e. The van der Waals surface area contributed by atoms with E-state index in [0.29, 0.717) is 5.56 Å². The number of nitro groups is 1. The molecule has 8 heteroatoms. The molecule has 0 radical (unpaired) electrons. The first-order valence-electron chi connectivity index (χ1n) is 6.24. The van der Waals surface area contributed by atoms with Crippen molar-refractivity contribution in [3.63, 3.8) is 0 Å². The number of hydrogen-bond acceptors (Lipinski definition) is 5. The Bertz CT molecular complexity index is 603. The molecule has 0 bridgehead atoms. The van der Waals surface area contributed by atoms with Crippen LogP contribution in [0.3, 0.4) is 0 Å². The summed E-state index contributed by atoms with van der Waals surface area (Å²) in [7, 11) is 1.44. The topological polar surface area (TPSA) is 102 Å². The normalized spacial score (nSPS) is 21.5. The zero-order valence-corrected chi connectivity index (χ0v) is 11.7. The minimum absolute atomic E-state index is 0.0222. The Morgan fingerprint density at radius 1 is 1.43 bits per heavy atom. The lowest BCUT2D eigenvalue weighted by atomic mass is 10.0. The van der Waals surface area contributed by atoms with Gasteiger partial charge in [0.25, 0.3) is 11.6 Å². The number of rotatable bonds is 5. The van der Waals surface area contributed by atoms with Crippen molar-refractivity contribution in [2.24, 2.45) is 0 Å². The van der Waals surface area contributed by atoms with E-state index in [1.165, 1.54) is 25.3 Å². The SMILES string of the molecule is COC[C@@]1(C)NC(=O)N(Cc2cccc([N+](=O)[O-])c2)C1=O. The Kier molecular flexibility index (Phi) is 3.90. The van der Waals surface area contributed by atoms with Crippen LogP contribution in [0.2, 0.25) is 0 Å². The third-order valence-electron chi connectivity index (χ3n) is 3.24. The number of amides is 3. The Balaban J connectivity index is 2.20. The van der Waals surface area contributed by atoms with E-state index in [2.05, 4.69) is 5.32 Å². The third kappa shape index (κ3) is 2.84. The van der Waals surface area contributed by atoms with Gasteiger partial charge in [0.05, 0.1) is 18.1 Å². The highest BCUT2D eigenvalue weighted by Gasteiger charge is 2.47. The van der Waals surface area contributed by atoms with Gasteiger partial charge in [-0.2, -0.15) is 0 Å². The van der Waals surface area contributed by atoms with Crippen molar-refractivity contribution < 1.29 is 19.2 Å². The van der Waals surface area contributed by atoms with Gasteiger partial charge in [0.2, 0.25) is 0 Å². The first-order chi connectivity index (χ1) is 9.87. The summed E-state index contributed by atoms with van der Waals surface area (Å²) in [5.41, 5.74) is -0.680. The van der Waals surface area contributed by atoms with E-state index in [9.17, 15) is 19.7 Å². The fourth-order valence-corrected chi connectivity index (χ4v) is 2.23. The fraction of sp³-hybridized carbons (Fsp3) is 0.385. The number of nitro benzene ring substituents is 1. The molecule has 1 aliphatic rings. The maximum atomic E-state index is 12.3. The van der Waals surface area contributed by atoms with Gasteiger partial charge in [-0.25, -0.2) is 4.79 Å². The average molecular weight is 293 g/mol. The van der Waals surface area contributed by atoms with Gasteiger partial charge in [0.15, 0.2) is 0 Å². The van der Waals surface area contributed by atoms with Gasteiger partial charge in [0.1, 0.15) is 5.54 Å². The van der Waals surface area contributed by atoms with E-state index in [1.807, 2.05) is 0 Å². The number of carbonyl (C=O) groups excluding carboxylic acids is 2. The lowest BCUT2D eigenvalue weighted by Crippen LogP contribution is -2.47. The zero-order chi connectivity index (χ0) is 15.6. The molecular weight excluding hydrogens is 278 g/mol. The first kappa shape index (κ1) is 14.9. The molecule has 1 aliphatic heterocycles. The van der Waals surface area contributed by atoms with Crippen LogP contribution in [-0.2, 0) is 16.1 Å². The van der Waals surface area contributed by atoms with Gasteiger partial charge in [-0.15, -0.1) is 0 Å². The van der Waals surface area contributed by atoms with Crippen LogP contribution in [0.4, 0.5) is 10.5 Å². The van der Waals surface area contributed by atoms with Gasteiger partial charge < -0.3 is 10.1 Å². The summed E-state index contributed by atoms with van der Waals surface area (Å²) in [6, 6.07) is 5.29. The molecule has 1 heterocycles. The molecule has 0 unspecified atom stereocenters. The Morgan fingerprint density at radius 2 is 2.14 bits per heavy atom. The number of non-ortho nitro benzene ring substituents is 1. The van der Waals surface area contributed by atoms with Gasteiger partial charge >= 0.3 is 6.03 Å². The van der Waals surface area contributed by atoms with E-state index < -0.39 is 22.4 Å². The molecule has 0 spiro atoms.